The lowest BCUT2D eigenvalue weighted by atomic mass is 10.1. The molecule has 6 nitrogen and oxygen atoms in total. The number of anilines is 4. The molecule has 0 fully saturated rings. The molecule has 0 aliphatic heterocycles. The SMILES string of the molecule is Cc1cc(C(=O)Nc2ccc(C)c(C)c2)nc(Nc2ccc(N(C)C)cc2)n1. The fraction of sp³-hybridized carbons (Fsp3) is 0.227. The van der Waals surface area contributed by atoms with E-state index in [1.807, 2.05) is 82.2 Å². The average Bonchev–Trinajstić information content (AvgIpc) is 2.64. The van der Waals surface area contributed by atoms with Crippen molar-refractivity contribution >= 4 is 28.9 Å². The molecule has 6 heteroatoms. The second-order valence-corrected chi connectivity index (χ2v) is 7.04. The van der Waals surface area contributed by atoms with Crippen LogP contribution in [0.25, 0.3) is 0 Å². The normalized spacial score (nSPS) is 10.5. The molecule has 144 valence electrons. The van der Waals surface area contributed by atoms with E-state index in [1.165, 1.54) is 5.56 Å². The third-order valence-corrected chi connectivity index (χ3v) is 4.49. The zero-order valence-corrected chi connectivity index (χ0v) is 16.9. The molecule has 0 aliphatic carbocycles. The lowest BCUT2D eigenvalue weighted by Gasteiger charge is -2.13. The first kappa shape index (κ1) is 19.4. The van der Waals surface area contributed by atoms with Crippen molar-refractivity contribution in [2.24, 2.45) is 0 Å². The molecule has 0 saturated carbocycles. The molecular formula is C22H25N5O. The Bertz CT molecular complexity index is 996. The predicted molar refractivity (Wildman–Crippen MR) is 115 cm³/mol. The van der Waals surface area contributed by atoms with Crippen molar-refractivity contribution in [3.63, 3.8) is 0 Å². The first-order valence-electron chi connectivity index (χ1n) is 9.10. The minimum atomic E-state index is -0.264. The van der Waals surface area contributed by atoms with Crippen LogP contribution in [0.2, 0.25) is 0 Å². The first-order valence-corrected chi connectivity index (χ1v) is 9.10. The fourth-order valence-corrected chi connectivity index (χ4v) is 2.73. The van der Waals surface area contributed by atoms with Crippen molar-refractivity contribution in [1.29, 1.82) is 0 Å². The Morgan fingerprint density at radius 2 is 1.54 bits per heavy atom. The highest BCUT2D eigenvalue weighted by molar-refractivity contribution is 6.03. The Morgan fingerprint density at radius 1 is 0.857 bits per heavy atom. The smallest absolute Gasteiger partial charge is 0.274 e. The molecule has 0 atom stereocenters. The molecule has 1 heterocycles. The number of carbonyl (C=O) groups excluding carboxylic acids is 1. The van der Waals surface area contributed by atoms with Gasteiger partial charge in [0.25, 0.3) is 5.91 Å². The van der Waals surface area contributed by atoms with Gasteiger partial charge in [0.1, 0.15) is 5.69 Å². The number of rotatable bonds is 5. The van der Waals surface area contributed by atoms with Crippen molar-refractivity contribution < 1.29 is 4.79 Å². The lowest BCUT2D eigenvalue weighted by molar-refractivity contribution is 0.102. The number of aromatic nitrogens is 2. The largest absolute Gasteiger partial charge is 0.378 e. The second kappa shape index (κ2) is 8.08. The maximum atomic E-state index is 12.7. The molecule has 0 bridgehead atoms. The van der Waals surface area contributed by atoms with Crippen molar-refractivity contribution in [1.82, 2.24) is 9.97 Å². The maximum absolute atomic E-state index is 12.7. The summed E-state index contributed by atoms with van der Waals surface area (Å²) in [5.41, 5.74) is 6.05. The minimum absolute atomic E-state index is 0.264. The van der Waals surface area contributed by atoms with Gasteiger partial charge in [0, 0.05) is 36.9 Å². The number of nitrogens with one attached hydrogen (secondary N) is 2. The van der Waals surface area contributed by atoms with Crippen LogP contribution >= 0.6 is 0 Å². The van der Waals surface area contributed by atoms with E-state index >= 15 is 0 Å². The standard InChI is InChI=1S/C22H25N5O/c1-14-6-7-18(12-15(14)2)24-21(28)20-13-16(3)23-22(26-20)25-17-8-10-19(11-9-17)27(4)5/h6-13H,1-5H3,(H,24,28)(H,23,25,26). The molecule has 1 amide bonds. The van der Waals surface area contributed by atoms with Crippen LogP contribution in [0.1, 0.15) is 27.3 Å². The van der Waals surface area contributed by atoms with E-state index in [9.17, 15) is 4.79 Å². The number of amides is 1. The average molecular weight is 375 g/mol. The van der Waals surface area contributed by atoms with Crippen molar-refractivity contribution in [2.45, 2.75) is 20.8 Å². The summed E-state index contributed by atoms with van der Waals surface area (Å²) >= 11 is 0. The van der Waals surface area contributed by atoms with Crippen molar-refractivity contribution in [2.75, 3.05) is 29.6 Å². The summed E-state index contributed by atoms with van der Waals surface area (Å²) in [5, 5.41) is 6.07. The van der Waals surface area contributed by atoms with E-state index in [4.69, 9.17) is 0 Å². The topological polar surface area (TPSA) is 70.2 Å². The van der Waals surface area contributed by atoms with Gasteiger partial charge in [-0.2, -0.15) is 0 Å². The summed E-state index contributed by atoms with van der Waals surface area (Å²) in [6.07, 6.45) is 0. The summed E-state index contributed by atoms with van der Waals surface area (Å²) < 4.78 is 0. The molecule has 3 aromatic rings. The number of aryl methyl sites for hydroxylation is 3. The second-order valence-electron chi connectivity index (χ2n) is 7.04. The summed E-state index contributed by atoms with van der Waals surface area (Å²) in [4.78, 5) is 23.4. The number of benzene rings is 2. The number of nitrogens with zero attached hydrogens (tertiary/aromatic N) is 3. The van der Waals surface area contributed by atoms with E-state index in [2.05, 4.69) is 20.6 Å². The summed E-state index contributed by atoms with van der Waals surface area (Å²) in [6, 6.07) is 15.4. The van der Waals surface area contributed by atoms with E-state index in [-0.39, 0.29) is 5.91 Å². The van der Waals surface area contributed by atoms with Gasteiger partial charge < -0.3 is 15.5 Å². The Hall–Kier alpha value is -3.41. The van der Waals surface area contributed by atoms with Crippen LogP contribution in [0.3, 0.4) is 0 Å². The molecule has 1 aromatic heterocycles. The van der Waals surface area contributed by atoms with Gasteiger partial charge in [-0.05, 0) is 74.4 Å². The van der Waals surface area contributed by atoms with E-state index in [0.717, 1.165) is 22.6 Å². The summed E-state index contributed by atoms with van der Waals surface area (Å²) in [7, 11) is 3.99. The first-order chi connectivity index (χ1) is 13.3. The highest BCUT2D eigenvalue weighted by atomic mass is 16.1. The zero-order valence-electron chi connectivity index (χ0n) is 16.9. The Morgan fingerprint density at radius 3 is 2.18 bits per heavy atom. The number of hydrogen-bond donors (Lipinski definition) is 2. The quantitative estimate of drug-likeness (QED) is 0.689. The van der Waals surface area contributed by atoms with E-state index in [1.54, 1.807) is 6.07 Å². The maximum Gasteiger partial charge on any atom is 0.274 e. The van der Waals surface area contributed by atoms with Crippen LogP contribution in [0, 0.1) is 20.8 Å². The molecule has 0 radical (unpaired) electrons. The molecule has 0 aliphatic rings. The number of hydrogen-bond acceptors (Lipinski definition) is 5. The molecule has 0 spiro atoms. The molecule has 3 rings (SSSR count). The van der Waals surface area contributed by atoms with E-state index < -0.39 is 0 Å². The van der Waals surface area contributed by atoms with Crippen LogP contribution in [-0.2, 0) is 0 Å². The van der Waals surface area contributed by atoms with Gasteiger partial charge in [-0.25, -0.2) is 9.97 Å². The Kier molecular flexibility index (Phi) is 5.59. The highest BCUT2D eigenvalue weighted by Gasteiger charge is 2.12. The van der Waals surface area contributed by atoms with Crippen molar-refractivity contribution in [3.8, 4) is 0 Å². The van der Waals surface area contributed by atoms with Gasteiger partial charge in [-0.1, -0.05) is 6.07 Å². The Balaban J connectivity index is 1.78. The highest BCUT2D eigenvalue weighted by Crippen LogP contribution is 2.19. The zero-order chi connectivity index (χ0) is 20.3. The van der Waals surface area contributed by atoms with Crippen LogP contribution in [0.5, 0.6) is 0 Å². The molecule has 28 heavy (non-hydrogen) atoms. The van der Waals surface area contributed by atoms with Crippen LogP contribution in [-0.4, -0.2) is 30.0 Å². The molecule has 0 unspecified atom stereocenters. The van der Waals surface area contributed by atoms with Gasteiger partial charge in [0.15, 0.2) is 0 Å². The van der Waals surface area contributed by atoms with Gasteiger partial charge in [-0.15, -0.1) is 0 Å². The Labute approximate surface area is 165 Å². The van der Waals surface area contributed by atoms with Gasteiger partial charge in [0.05, 0.1) is 0 Å². The minimum Gasteiger partial charge on any atom is -0.378 e. The van der Waals surface area contributed by atoms with Gasteiger partial charge in [0.2, 0.25) is 5.95 Å². The van der Waals surface area contributed by atoms with E-state index in [0.29, 0.717) is 17.3 Å². The molecule has 0 saturated heterocycles. The monoisotopic (exact) mass is 375 g/mol. The lowest BCUT2D eigenvalue weighted by Crippen LogP contribution is -2.15. The molecule has 2 N–H and O–H groups in total. The third kappa shape index (κ3) is 4.65. The fourth-order valence-electron chi connectivity index (χ4n) is 2.73. The van der Waals surface area contributed by atoms with Crippen LogP contribution < -0.4 is 15.5 Å². The summed E-state index contributed by atoms with van der Waals surface area (Å²) in [5.74, 6) is 0.127. The molecule has 2 aromatic carbocycles. The number of carbonyl (C=O) groups is 1. The molecular weight excluding hydrogens is 350 g/mol. The van der Waals surface area contributed by atoms with Crippen molar-refractivity contribution in [3.05, 3.63) is 71.0 Å². The predicted octanol–water partition coefficient (Wildman–Crippen LogP) is 4.46. The van der Waals surface area contributed by atoms with Crippen LogP contribution in [0.4, 0.5) is 23.0 Å². The summed E-state index contributed by atoms with van der Waals surface area (Å²) in [6.45, 7) is 5.90. The van der Waals surface area contributed by atoms with Crippen LogP contribution in [0.15, 0.2) is 48.5 Å². The third-order valence-electron chi connectivity index (χ3n) is 4.49. The van der Waals surface area contributed by atoms with Gasteiger partial charge >= 0.3 is 0 Å². The van der Waals surface area contributed by atoms with Gasteiger partial charge in [-0.3, -0.25) is 4.79 Å².